The third-order valence-electron chi connectivity index (χ3n) is 0.712. The minimum absolute atomic E-state index is 0.532. The summed E-state index contributed by atoms with van der Waals surface area (Å²) in [5, 5.41) is 16.0. The molecule has 52 valence electrons. The van der Waals surface area contributed by atoms with Crippen LogP contribution < -0.4 is 5.73 Å². The minimum Gasteiger partial charge on any atom is -0.481 e. The van der Waals surface area contributed by atoms with E-state index >= 15 is 0 Å². The largest absolute Gasteiger partial charge is 0.481 e. The molecule has 0 heterocycles. The molecule has 4 N–H and O–H groups in total. The third kappa shape index (κ3) is 3.48. The molecular weight excluding hydrogens is 127 g/mol. The van der Waals surface area contributed by atoms with Crippen LogP contribution in [0.2, 0.25) is 0 Å². The maximum atomic E-state index is 9.85. The van der Waals surface area contributed by atoms with Gasteiger partial charge in [0.2, 0.25) is 0 Å². The molecule has 0 spiro atoms. The molecule has 0 aromatic carbocycles. The Morgan fingerprint density at radius 2 is 1.89 bits per heavy atom. The Kier molecular flexibility index (Phi) is 2.66. The summed E-state index contributed by atoms with van der Waals surface area (Å²) in [6.45, 7) is 0. The van der Waals surface area contributed by atoms with Gasteiger partial charge in [-0.2, -0.15) is 0 Å². The maximum Gasteiger partial charge on any atom is 0.321 e. The molecule has 0 saturated heterocycles. The van der Waals surface area contributed by atoms with Crippen LogP contribution >= 0.6 is 0 Å². The van der Waals surface area contributed by atoms with E-state index in [2.05, 4.69) is 0 Å². The van der Waals surface area contributed by atoms with Gasteiger partial charge in [0.15, 0.2) is 0 Å². The normalized spacial score (nSPS) is 12.6. The van der Waals surface area contributed by atoms with Crippen LogP contribution in [0.1, 0.15) is 6.42 Å². The topological polar surface area (TPSA) is 101 Å². The molecule has 0 rings (SSSR count). The van der Waals surface area contributed by atoms with Gasteiger partial charge in [-0.15, -0.1) is 0 Å². The highest BCUT2D eigenvalue weighted by Crippen LogP contribution is 1.86. The molecule has 0 aromatic rings. The van der Waals surface area contributed by atoms with Crippen molar-refractivity contribution in [2.75, 3.05) is 0 Å². The Hall–Kier alpha value is -1.10. The van der Waals surface area contributed by atoms with Crippen molar-refractivity contribution in [2.24, 2.45) is 5.73 Å². The summed E-state index contributed by atoms with van der Waals surface area (Å²) in [4.78, 5) is 19.6. The summed E-state index contributed by atoms with van der Waals surface area (Å²) < 4.78 is 0. The Bertz CT molecular complexity index is 133. The van der Waals surface area contributed by atoms with Crippen LogP contribution in [0.4, 0.5) is 0 Å². The number of hydrogen-bond donors (Lipinski definition) is 3. The average Bonchev–Trinajstić information content (AvgIpc) is 1.63. The second-order valence-electron chi connectivity index (χ2n) is 1.54. The van der Waals surface area contributed by atoms with Gasteiger partial charge in [0, 0.05) is 0 Å². The summed E-state index contributed by atoms with van der Waals surface area (Å²) >= 11 is 0. The fourth-order valence-corrected chi connectivity index (χ4v) is 0.275. The quantitative estimate of drug-likeness (QED) is 0.424. The molecular formula is C4H7NO4. The number of carboxylic acid groups (broad SMARTS) is 2. The number of carbonyl (C=O) groups is 2. The highest BCUT2D eigenvalue weighted by molar-refractivity contribution is 5.80. The first-order valence-electron chi connectivity index (χ1n) is 2.24. The lowest BCUT2D eigenvalue weighted by Crippen LogP contribution is -2.32. The van der Waals surface area contributed by atoms with Crippen LogP contribution in [0, 0.1) is 0 Å². The van der Waals surface area contributed by atoms with Crippen molar-refractivity contribution in [3.05, 3.63) is 0 Å². The molecule has 1 unspecified atom stereocenters. The van der Waals surface area contributed by atoms with Gasteiger partial charge in [-0.3, -0.25) is 9.59 Å². The Morgan fingerprint density at radius 3 is 2.00 bits per heavy atom. The van der Waals surface area contributed by atoms with E-state index in [9.17, 15) is 9.59 Å². The van der Waals surface area contributed by atoms with Gasteiger partial charge in [0.1, 0.15) is 6.04 Å². The van der Waals surface area contributed by atoms with Crippen molar-refractivity contribution in [3.63, 3.8) is 0 Å². The fraction of sp³-hybridized carbons (Fsp3) is 0.500. The second kappa shape index (κ2) is 3.03. The summed E-state index contributed by atoms with van der Waals surface area (Å²) in [6.07, 6.45) is -0.532. The number of nitrogens with two attached hydrogens (primary N) is 1. The van der Waals surface area contributed by atoms with Crippen molar-refractivity contribution in [2.45, 2.75) is 12.5 Å². The standard InChI is InChI=1S/C4H7NO4/c5-2(4(8)9)1-3(6)7/h2H,1,5H2,(H,6,7)(H,8,9)/i2+1. The molecule has 0 fully saturated rings. The smallest absolute Gasteiger partial charge is 0.321 e. The van der Waals surface area contributed by atoms with Gasteiger partial charge in [0.25, 0.3) is 0 Å². The van der Waals surface area contributed by atoms with Gasteiger partial charge in [0.05, 0.1) is 6.42 Å². The van der Waals surface area contributed by atoms with E-state index in [-0.39, 0.29) is 0 Å². The van der Waals surface area contributed by atoms with E-state index in [1.54, 1.807) is 0 Å². The second-order valence-corrected chi connectivity index (χ2v) is 1.54. The summed E-state index contributed by atoms with van der Waals surface area (Å²) in [7, 11) is 0. The van der Waals surface area contributed by atoms with Crippen LogP contribution in [0.5, 0.6) is 0 Å². The van der Waals surface area contributed by atoms with E-state index < -0.39 is 24.4 Å². The molecule has 0 amide bonds. The van der Waals surface area contributed by atoms with Crippen LogP contribution in [-0.4, -0.2) is 28.2 Å². The van der Waals surface area contributed by atoms with E-state index in [0.29, 0.717) is 0 Å². The predicted octanol–water partition coefficient (Wildman–Crippen LogP) is -1.13. The van der Waals surface area contributed by atoms with Crippen molar-refractivity contribution >= 4 is 11.9 Å². The zero-order valence-corrected chi connectivity index (χ0v) is 4.57. The lowest BCUT2D eigenvalue weighted by Gasteiger charge is -1.99. The molecule has 5 nitrogen and oxygen atoms in total. The SMILES string of the molecule is N[13CH](CC(=O)O)C(=O)O. The van der Waals surface area contributed by atoms with Crippen LogP contribution in [0.3, 0.4) is 0 Å². The number of rotatable bonds is 3. The summed E-state index contributed by atoms with van der Waals surface area (Å²) in [6, 6.07) is -1.29. The molecule has 9 heavy (non-hydrogen) atoms. The Morgan fingerprint density at radius 1 is 1.44 bits per heavy atom. The Labute approximate surface area is 51.1 Å². The monoisotopic (exact) mass is 134 g/mol. The molecule has 0 aliphatic carbocycles. The molecule has 5 heteroatoms. The zero-order valence-electron chi connectivity index (χ0n) is 4.57. The maximum absolute atomic E-state index is 9.85. The van der Waals surface area contributed by atoms with Crippen molar-refractivity contribution in [1.29, 1.82) is 0 Å². The van der Waals surface area contributed by atoms with Crippen molar-refractivity contribution < 1.29 is 19.8 Å². The number of aliphatic carboxylic acids is 2. The van der Waals surface area contributed by atoms with E-state index in [1.165, 1.54) is 0 Å². The molecule has 1 atom stereocenters. The van der Waals surface area contributed by atoms with E-state index in [0.717, 1.165) is 0 Å². The Balaban J connectivity index is 3.63. The van der Waals surface area contributed by atoms with E-state index in [1.807, 2.05) is 0 Å². The van der Waals surface area contributed by atoms with Gasteiger partial charge in [-0.05, 0) is 0 Å². The highest BCUT2D eigenvalue weighted by atomic mass is 16.4. The van der Waals surface area contributed by atoms with Crippen LogP contribution in [0.15, 0.2) is 0 Å². The lowest BCUT2D eigenvalue weighted by atomic mass is 10.5. The molecule has 0 aromatic heterocycles. The molecule has 0 aliphatic heterocycles. The fourth-order valence-electron chi connectivity index (χ4n) is 0.275. The summed E-state index contributed by atoms with van der Waals surface area (Å²) in [5.41, 5.74) is 4.84. The van der Waals surface area contributed by atoms with E-state index in [4.69, 9.17) is 15.9 Å². The lowest BCUT2D eigenvalue weighted by molar-refractivity contribution is -0.144. The van der Waals surface area contributed by atoms with Gasteiger partial charge in [-0.25, -0.2) is 0 Å². The average molecular weight is 134 g/mol. The number of carboxylic acids is 2. The van der Waals surface area contributed by atoms with Crippen molar-refractivity contribution in [3.8, 4) is 0 Å². The van der Waals surface area contributed by atoms with Crippen molar-refractivity contribution in [1.82, 2.24) is 0 Å². The minimum atomic E-state index is -1.29. The first kappa shape index (κ1) is 7.90. The van der Waals surface area contributed by atoms with Gasteiger partial charge in [-0.1, -0.05) is 0 Å². The van der Waals surface area contributed by atoms with Gasteiger partial charge >= 0.3 is 11.9 Å². The molecule has 0 saturated carbocycles. The highest BCUT2D eigenvalue weighted by Gasteiger charge is 2.14. The molecule has 0 radical (unpaired) electrons. The molecule has 0 bridgehead atoms. The van der Waals surface area contributed by atoms with Crippen LogP contribution in [0.25, 0.3) is 0 Å². The third-order valence-corrected chi connectivity index (χ3v) is 0.712. The van der Waals surface area contributed by atoms with Crippen LogP contribution in [-0.2, 0) is 9.59 Å². The first-order chi connectivity index (χ1) is 4.04. The van der Waals surface area contributed by atoms with Gasteiger partial charge < -0.3 is 15.9 Å². The predicted molar refractivity (Wildman–Crippen MR) is 27.9 cm³/mol. The number of hydrogen-bond acceptors (Lipinski definition) is 3. The zero-order chi connectivity index (χ0) is 7.44. The first-order valence-corrected chi connectivity index (χ1v) is 2.24. The summed E-state index contributed by atoms with van der Waals surface area (Å²) in [5.74, 6) is -2.50. The molecule has 0 aliphatic rings.